The van der Waals surface area contributed by atoms with Crippen LogP contribution < -0.4 is 5.32 Å². The van der Waals surface area contributed by atoms with Gasteiger partial charge in [-0.05, 0) is 32.3 Å². The largest absolute Gasteiger partial charge is 0.384 e. The standard InChI is InChI=1S/C14H23N3O2S/c1-3-12-7-5-6-10-17(12)20(18,19)14-11-15-9-8-13(14)16-4-2/h8-9,11-12H,3-7,10H2,1-2H3,(H,15,16). The Kier molecular flexibility index (Phi) is 4.99. The van der Waals surface area contributed by atoms with Crippen molar-refractivity contribution in [2.75, 3.05) is 18.4 Å². The molecule has 1 N–H and O–H groups in total. The highest BCUT2D eigenvalue weighted by molar-refractivity contribution is 7.89. The Morgan fingerprint density at radius 3 is 2.90 bits per heavy atom. The van der Waals surface area contributed by atoms with Crippen molar-refractivity contribution in [3.8, 4) is 0 Å². The quantitative estimate of drug-likeness (QED) is 0.907. The Morgan fingerprint density at radius 2 is 2.20 bits per heavy atom. The van der Waals surface area contributed by atoms with Crippen molar-refractivity contribution in [2.24, 2.45) is 0 Å². The minimum Gasteiger partial charge on any atom is -0.384 e. The second-order valence-electron chi connectivity index (χ2n) is 5.08. The molecule has 0 radical (unpaired) electrons. The highest BCUT2D eigenvalue weighted by atomic mass is 32.2. The van der Waals surface area contributed by atoms with Gasteiger partial charge in [-0.2, -0.15) is 4.31 Å². The summed E-state index contributed by atoms with van der Waals surface area (Å²) in [6, 6.07) is 1.84. The van der Waals surface area contributed by atoms with Gasteiger partial charge in [-0.3, -0.25) is 4.98 Å². The van der Waals surface area contributed by atoms with E-state index in [-0.39, 0.29) is 6.04 Å². The van der Waals surface area contributed by atoms with Crippen molar-refractivity contribution in [1.29, 1.82) is 0 Å². The van der Waals surface area contributed by atoms with E-state index >= 15 is 0 Å². The van der Waals surface area contributed by atoms with Gasteiger partial charge >= 0.3 is 0 Å². The average Bonchev–Trinajstić information content (AvgIpc) is 2.48. The molecule has 2 heterocycles. The SMILES string of the molecule is CCNc1ccncc1S(=O)(=O)N1CCCCC1CC. The van der Waals surface area contributed by atoms with Crippen LogP contribution in [0.1, 0.15) is 39.5 Å². The van der Waals surface area contributed by atoms with Gasteiger partial charge in [0, 0.05) is 31.5 Å². The number of rotatable bonds is 5. The van der Waals surface area contributed by atoms with E-state index in [1.54, 1.807) is 16.6 Å². The predicted octanol–water partition coefficient (Wildman–Crippen LogP) is 2.47. The van der Waals surface area contributed by atoms with E-state index < -0.39 is 10.0 Å². The molecule has 1 atom stereocenters. The second kappa shape index (κ2) is 6.54. The Bertz CT molecular complexity index is 545. The number of nitrogens with zero attached hydrogens (tertiary/aromatic N) is 2. The molecule has 1 unspecified atom stereocenters. The third-order valence-electron chi connectivity index (χ3n) is 3.78. The molecular weight excluding hydrogens is 274 g/mol. The number of anilines is 1. The maximum atomic E-state index is 12.9. The first-order valence-corrected chi connectivity index (χ1v) is 8.75. The van der Waals surface area contributed by atoms with Crippen LogP contribution in [0.15, 0.2) is 23.4 Å². The van der Waals surface area contributed by atoms with E-state index in [1.165, 1.54) is 6.20 Å². The normalized spacial score (nSPS) is 20.8. The van der Waals surface area contributed by atoms with Crippen LogP contribution in [0.4, 0.5) is 5.69 Å². The van der Waals surface area contributed by atoms with E-state index in [9.17, 15) is 8.42 Å². The summed E-state index contributed by atoms with van der Waals surface area (Å²) in [6.07, 6.45) is 6.92. The molecular formula is C14H23N3O2S. The highest BCUT2D eigenvalue weighted by Gasteiger charge is 2.33. The van der Waals surface area contributed by atoms with E-state index in [2.05, 4.69) is 10.3 Å². The number of nitrogens with one attached hydrogen (secondary N) is 1. The van der Waals surface area contributed by atoms with E-state index in [4.69, 9.17) is 0 Å². The molecule has 1 fully saturated rings. The smallest absolute Gasteiger partial charge is 0.246 e. The van der Waals surface area contributed by atoms with Gasteiger partial charge in [0.1, 0.15) is 4.90 Å². The summed E-state index contributed by atoms with van der Waals surface area (Å²) in [6.45, 7) is 5.30. The van der Waals surface area contributed by atoms with Gasteiger partial charge in [0.15, 0.2) is 0 Å². The minimum absolute atomic E-state index is 0.114. The zero-order valence-electron chi connectivity index (χ0n) is 12.2. The van der Waals surface area contributed by atoms with Crippen LogP contribution >= 0.6 is 0 Å². The first kappa shape index (κ1) is 15.3. The number of hydrogen-bond acceptors (Lipinski definition) is 4. The van der Waals surface area contributed by atoms with E-state index in [0.29, 0.717) is 23.7 Å². The Labute approximate surface area is 121 Å². The third kappa shape index (κ3) is 2.96. The van der Waals surface area contributed by atoms with Gasteiger partial charge in [0.25, 0.3) is 0 Å². The molecule has 0 amide bonds. The Balaban J connectivity index is 2.38. The Morgan fingerprint density at radius 1 is 1.40 bits per heavy atom. The number of piperidine rings is 1. The van der Waals surface area contributed by atoms with Crippen molar-refractivity contribution >= 4 is 15.7 Å². The molecule has 2 rings (SSSR count). The lowest BCUT2D eigenvalue weighted by Gasteiger charge is -2.34. The number of aromatic nitrogens is 1. The molecule has 6 heteroatoms. The third-order valence-corrected chi connectivity index (χ3v) is 5.76. The van der Waals surface area contributed by atoms with Gasteiger partial charge in [-0.15, -0.1) is 0 Å². The van der Waals surface area contributed by atoms with Crippen LogP contribution in [0.2, 0.25) is 0 Å². The van der Waals surface area contributed by atoms with Crippen LogP contribution in [-0.4, -0.2) is 36.8 Å². The molecule has 1 aliphatic heterocycles. The summed E-state index contributed by atoms with van der Waals surface area (Å²) in [5, 5.41) is 3.11. The fraction of sp³-hybridized carbons (Fsp3) is 0.643. The van der Waals surface area contributed by atoms with E-state index in [0.717, 1.165) is 25.7 Å². The van der Waals surface area contributed by atoms with Crippen molar-refractivity contribution in [3.63, 3.8) is 0 Å². The first-order valence-electron chi connectivity index (χ1n) is 7.31. The summed E-state index contributed by atoms with van der Waals surface area (Å²) in [5.41, 5.74) is 0.642. The van der Waals surface area contributed by atoms with Crippen molar-refractivity contribution in [2.45, 2.75) is 50.5 Å². The molecule has 0 spiro atoms. The second-order valence-corrected chi connectivity index (χ2v) is 6.93. The Hall–Kier alpha value is -1.14. The maximum Gasteiger partial charge on any atom is 0.246 e. The zero-order valence-corrected chi connectivity index (χ0v) is 13.0. The summed E-state index contributed by atoms with van der Waals surface area (Å²) < 4.78 is 27.5. The van der Waals surface area contributed by atoms with Crippen molar-refractivity contribution in [1.82, 2.24) is 9.29 Å². The zero-order chi connectivity index (χ0) is 14.6. The van der Waals surface area contributed by atoms with Crippen LogP contribution in [-0.2, 0) is 10.0 Å². The predicted molar refractivity (Wildman–Crippen MR) is 80.2 cm³/mol. The molecule has 0 saturated carbocycles. The summed E-state index contributed by atoms with van der Waals surface area (Å²) >= 11 is 0. The fourth-order valence-corrected chi connectivity index (χ4v) is 4.63. The highest BCUT2D eigenvalue weighted by Crippen LogP contribution is 2.30. The summed E-state index contributed by atoms with van der Waals surface area (Å²) in [7, 11) is -3.47. The molecule has 5 nitrogen and oxygen atoms in total. The lowest BCUT2D eigenvalue weighted by Crippen LogP contribution is -2.43. The molecule has 1 aromatic rings. The molecule has 1 saturated heterocycles. The molecule has 0 bridgehead atoms. The van der Waals surface area contributed by atoms with Crippen molar-refractivity contribution in [3.05, 3.63) is 18.5 Å². The van der Waals surface area contributed by atoms with Gasteiger partial charge in [-0.1, -0.05) is 13.3 Å². The van der Waals surface area contributed by atoms with E-state index in [1.807, 2.05) is 13.8 Å². The molecule has 0 aliphatic carbocycles. The fourth-order valence-electron chi connectivity index (χ4n) is 2.75. The average molecular weight is 297 g/mol. The number of sulfonamides is 1. The van der Waals surface area contributed by atoms with Gasteiger partial charge in [0.2, 0.25) is 10.0 Å². The van der Waals surface area contributed by atoms with Crippen LogP contribution in [0.5, 0.6) is 0 Å². The lowest BCUT2D eigenvalue weighted by molar-refractivity contribution is 0.246. The summed E-state index contributed by atoms with van der Waals surface area (Å²) in [5.74, 6) is 0. The van der Waals surface area contributed by atoms with Crippen LogP contribution in [0.25, 0.3) is 0 Å². The van der Waals surface area contributed by atoms with Gasteiger partial charge in [-0.25, -0.2) is 8.42 Å². The van der Waals surface area contributed by atoms with Crippen molar-refractivity contribution < 1.29 is 8.42 Å². The van der Waals surface area contributed by atoms with Crippen LogP contribution in [0.3, 0.4) is 0 Å². The molecule has 0 aromatic carbocycles. The minimum atomic E-state index is -3.47. The van der Waals surface area contributed by atoms with Gasteiger partial charge < -0.3 is 5.32 Å². The molecule has 1 aromatic heterocycles. The first-order chi connectivity index (χ1) is 9.61. The molecule has 112 valence electrons. The monoisotopic (exact) mass is 297 g/mol. The summed E-state index contributed by atoms with van der Waals surface area (Å²) in [4.78, 5) is 4.29. The number of pyridine rings is 1. The molecule has 1 aliphatic rings. The topological polar surface area (TPSA) is 62.3 Å². The van der Waals surface area contributed by atoms with Crippen LogP contribution in [0, 0.1) is 0 Å². The lowest BCUT2D eigenvalue weighted by atomic mass is 10.0. The maximum absolute atomic E-state index is 12.9. The van der Waals surface area contributed by atoms with Gasteiger partial charge in [0.05, 0.1) is 5.69 Å². The molecule has 20 heavy (non-hydrogen) atoms. The number of hydrogen-bond donors (Lipinski definition) is 1.